The minimum Gasteiger partial charge on any atom is -0.461 e. The van der Waals surface area contributed by atoms with E-state index in [4.69, 9.17) is 9.94 Å². The molecule has 2 aliphatic rings. The van der Waals surface area contributed by atoms with Crippen molar-refractivity contribution in [2.24, 2.45) is 5.92 Å². The molecular formula is C22H33N3O4. The zero-order valence-corrected chi connectivity index (χ0v) is 17.1. The summed E-state index contributed by atoms with van der Waals surface area (Å²) in [5.41, 5.74) is 3.41. The maximum Gasteiger partial charge on any atom is 0.323 e. The summed E-state index contributed by atoms with van der Waals surface area (Å²) in [6.07, 6.45) is 12.6. The highest BCUT2D eigenvalue weighted by atomic mass is 16.5. The van der Waals surface area contributed by atoms with E-state index in [2.05, 4.69) is 10.3 Å². The normalized spacial score (nSPS) is 19.1. The molecule has 0 spiro atoms. The molecule has 0 radical (unpaired) electrons. The van der Waals surface area contributed by atoms with Gasteiger partial charge in [-0.1, -0.05) is 25.3 Å². The van der Waals surface area contributed by atoms with E-state index < -0.39 is 5.91 Å². The molecule has 1 unspecified atom stereocenters. The number of esters is 1. The van der Waals surface area contributed by atoms with E-state index in [0.29, 0.717) is 18.9 Å². The van der Waals surface area contributed by atoms with Gasteiger partial charge in [-0.3, -0.25) is 19.8 Å². The molecule has 160 valence electrons. The molecular weight excluding hydrogens is 370 g/mol. The van der Waals surface area contributed by atoms with E-state index in [1.807, 2.05) is 12.1 Å². The molecule has 7 nitrogen and oxygen atoms in total. The number of rotatable bonds is 9. The number of hydroxylamine groups is 1. The first-order chi connectivity index (χ1) is 14.2. The van der Waals surface area contributed by atoms with Crippen LogP contribution in [0, 0.1) is 5.92 Å². The Kier molecular flexibility index (Phi) is 8.43. The number of hydrogen-bond donors (Lipinski definition) is 3. The van der Waals surface area contributed by atoms with Gasteiger partial charge in [-0.25, -0.2) is 5.48 Å². The summed E-state index contributed by atoms with van der Waals surface area (Å²) in [6, 6.07) is 3.59. The third-order valence-corrected chi connectivity index (χ3v) is 6.11. The van der Waals surface area contributed by atoms with E-state index in [-0.39, 0.29) is 24.5 Å². The van der Waals surface area contributed by atoms with Crippen LogP contribution in [0.25, 0.3) is 0 Å². The van der Waals surface area contributed by atoms with Crippen molar-refractivity contribution >= 4 is 11.9 Å². The van der Waals surface area contributed by atoms with Gasteiger partial charge in [0, 0.05) is 24.9 Å². The highest BCUT2D eigenvalue weighted by Gasteiger charge is 2.32. The van der Waals surface area contributed by atoms with Crippen molar-refractivity contribution in [1.82, 2.24) is 15.8 Å². The number of ether oxygens (including phenoxy) is 1. The van der Waals surface area contributed by atoms with Crippen LogP contribution in [0.15, 0.2) is 18.3 Å². The van der Waals surface area contributed by atoms with E-state index in [0.717, 1.165) is 49.8 Å². The van der Waals surface area contributed by atoms with E-state index >= 15 is 0 Å². The maximum absolute atomic E-state index is 12.9. The van der Waals surface area contributed by atoms with Gasteiger partial charge < -0.3 is 10.1 Å². The molecule has 29 heavy (non-hydrogen) atoms. The minimum absolute atomic E-state index is 0.0902. The van der Waals surface area contributed by atoms with Gasteiger partial charge in [0.05, 0.1) is 0 Å². The summed E-state index contributed by atoms with van der Waals surface area (Å²) < 4.78 is 5.82. The number of amides is 1. The van der Waals surface area contributed by atoms with E-state index in [1.54, 1.807) is 11.7 Å². The summed E-state index contributed by atoms with van der Waals surface area (Å²) in [6.45, 7) is 0.561. The Bertz CT molecular complexity index is 653. The van der Waals surface area contributed by atoms with Crippen molar-refractivity contribution in [3.8, 4) is 0 Å². The predicted octanol–water partition coefficient (Wildman–Crippen LogP) is 3.04. The number of aromatic nitrogens is 1. The van der Waals surface area contributed by atoms with Gasteiger partial charge in [0.1, 0.15) is 12.1 Å². The van der Waals surface area contributed by atoms with Crippen LogP contribution in [0.2, 0.25) is 0 Å². The second kappa shape index (κ2) is 11.3. The first kappa shape index (κ1) is 21.7. The average molecular weight is 404 g/mol. The number of nitrogens with one attached hydrogen (secondary N) is 2. The fourth-order valence-electron chi connectivity index (χ4n) is 4.39. The van der Waals surface area contributed by atoms with Crippen molar-refractivity contribution in [3.63, 3.8) is 0 Å². The monoisotopic (exact) mass is 403 g/mol. The highest BCUT2D eigenvalue weighted by Crippen LogP contribution is 2.29. The minimum atomic E-state index is -0.423. The Morgan fingerprint density at radius 2 is 1.83 bits per heavy atom. The smallest absolute Gasteiger partial charge is 0.323 e. The topological polar surface area (TPSA) is 101 Å². The fourth-order valence-corrected chi connectivity index (χ4v) is 4.39. The molecule has 0 bridgehead atoms. The molecule has 3 rings (SSSR count). The van der Waals surface area contributed by atoms with Gasteiger partial charge in [-0.05, 0) is 62.5 Å². The van der Waals surface area contributed by atoms with Gasteiger partial charge in [0.15, 0.2) is 0 Å². The zero-order valence-electron chi connectivity index (χ0n) is 17.1. The van der Waals surface area contributed by atoms with Gasteiger partial charge in [-0.15, -0.1) is 0 Å². The summed E-state index contributed by atoms with van der Waals surface area (Å²) in [4.78, 5) is 28.4. The highest BCUT2D eigenvalue weighted by molar-refractivity contribution is 5.76. The van der Waals surface area contributed by atoms with Crippen molar-refractivity contribution in [3.05, 3.63) is 29.6 Å². The molecule has 0 aromatic carbocycles. The summed E-state index contributed by atoms with van der Waals surface area (Å²) in [5.74, 6) is -0.182. The first-order valence-electron chi connectivity index (χ1n) is 11.0. The molecule has 2 fully saturated rings. The number of hydrogen-bond acceptors (Lipinski definition) is 6. The number of pyridine rings is 1. The summed E-state index contributed by atoms with van der Waals surface area (Å²) >= 11 is 0. The Balaban J connectivity index is 1.55. The summed E-state index contributed by atoms with van der Waals surface area (Å²) in [5, 5.41) is 12.0. The van der Waals surface area contributed by atoms with Crippen molar-refractivity contribution in [2.75, 3.05) is 0 Å². The molecule has 2 saturated carbocycles. The predicted molar refractivity (Wildman–Crippen MR) is 108 cm³/mol. The molecule has 3 N–H and O–H groups in total. The lowest BCUT2D eigenvalue weighted by atomic mass is 9.83. The number of nitrogens with zero attached hydrogens (tertiary/aromatic N) is 1. The average Bonchev–Trinajstić information content (AvgIpc) is 3.26. The molecule has 1 amide bonds. The quantitative estimate of drug-likeness (QED) is 0.333. The molecule has 1 aromatic heterocycles. The molecule has 1 atom stereocenters. The van der Waals surface area contributed by atoms with Crippen molar-refractivity contribution in [1.29, 1.82) is 0 Å². The van der Waals surface area contributed by atoms with Crippen LogP contribution in [0.5, 0.6) is 0 Å². The first-order valence-corrected chi connectivity index (χ1v) is 11.0. The number of aryl methyl sites for hydroxylation is 1. The van der Waals surface area contributed by atoms with E-state index in [1.165, 1.54) is 19.3 Å². The van der Waals surface area contributed by atoms with Crippen LogP contribution in [0.3, 0.4) is 0 Å². The molecule has 7 heteroatoms. The molecule has 1 heterocycles. The lowest BCUT2D eigenvalue weighted by Crippen LogP contribution is -2.45. The van der Waals surface area contributed by atoms with Gasteiger partial charge in [0.25, 0.3) is 0 Å². The number of carbonyl (C=O) groups excluding carboxylic acids is 2. The van der Waals surface area contributed by atoms with Crippen LogP contribution in [0.1, 0.15) is 75.5 Å². The lowest BCUT2D eigenvalue weighted by Gasteiger charge is -2.30. The second-order valence-corrected chi connectivity index (χ2v) is 8.29. The molecule has 0 aliphatic heterocycles. The Labute approximate surface area is 172 Å². The Morgan fingerprint density at radius 3 is 2.48 bits per heavy atom. The van der Waals surface area contributed by atoms with Gasteiger partial charge in [-0.2, -0.15) is 0 Å². The van der Waals surface area contributed by atoms with Crippen molar-refractivity contribution in [2.45, 2.75) is 89.3 Å². The SMILES string of the molecule is O=C(CCc1ccc(CNC(C(=O)OC2CCCC2)C2CCCCC2)cn1)NO. The largest absolute Gasteiger partial charge is 0.461 e. The maximum atomic E-state index is 12.9. The van der Waals surface area contributed by atoms with Crippen LogP contribution >= 0.6 is 0 Å². The molecule has 0 saturated heterocycles. The van der Waals surface area contributed by atoms with Gasteiger partial charge in [0.2, 0.25) is 5.91 Å². The second-order valence-electron chi connectivity index (χ2n) is 8.29. The Morgan fingerprint density at radius 1 is 1.10 bits per heavy atom. The Hall–Kier alpha value is -1.99. The van der Waals surface area contributed by atoms with Crippen molar-refractivity contribution < 1.29 is 19.5 Å². The molecule has 2 aliphatic carbocycles. The molecule has 1 aromatic rings. The summed E-state index contributed by atoms with van der Waals surface area (Å²) in [7, 11) is 0. The van der Waals surface area contributed by atoms with Crippen LogP contribution in [-0.2, 0) is 27.3 Å². The van der Waals surface area contributed by atoms with Gasteiger partial charge >= 0.3 is 5.97 Å². The standard InChI is InChI=1S/C22H33N3O4/c26-20(25-28)13-12-18-11-10-16(14-23-18)15-24-21(17-6-2-1-3-7-17)22(27)29-19-8-4-5-9-19/h10-11,14,17,19,21,24,28H,1-9,12-13,15H2,(H,25,26). The van der Waals surface area contributed by atoms with Crippen LogP contribution < -0.4 is 10.8 Å². The lowest BCUT2D eigenvalue weighted by molar-refractivity contribution is -0.153. The van der Waals surface area contributed by atoms with E-state index in [9.17, 15) is 9.59 Å². The van der Waals surface area contributed by atoms with Crippen LogP contribution in [0.4, 0.5) is 0 Å². The number of carbonyl (C=O) groups is 2. The third kappa shape index (κ3) is 6.78. The zero-order chi connectivity index (χ0) is 20.5. The fraction of sp³-hybridized carbons (Fsp3) is 0.682. The van der Waals surface area contributed by atoms with Crippen LogP contribution in [-0.4, -0.2) is 34.2 Å². The third-order valence-electron chi connectivity index (χ3n) is 6.11.